The lowest BCUT2D eigenvalue weighted by Crippen LogP contribution is -2.35. The predicted molar refractivity (Wildman–Crippen MR) is 72.4 cm³/mol. The highest BCUT2D eigenvalue weighted by molar-refractivity contribution is 6.65. The summed E-state index contributed by atoms with van der Waals surface area (Å²) in [4.78, 5) is 0. The van der Waals surface area contributed by atoms with E-state index in [9.17, 15) is 0 Å². The summed E-state index contributed by atoms with van der Waals surface area (Å²) >= 11 is 0. The van der Waals surface area contributed by atoms with Gasteiger partial charge in [0.05, 0.1) is 26.4 Å². The Hall–Kier alpha value is -0.0231. The van der Waals surface area contributed by atoms with Gasteiger partial charge in [0.1, 0.15) is 12.2 Å². The SMILES string of the molecule is C(OCC1CO1)C1CO1.CO[Si](C)(CCCO)OC. The Balaban J connectivity index is 0.000000190. The molecular weight excluding hydrogens is 268 g/mol. The zero-order valence-corrected chi connectivity index (χ0v) is 13.1. The van der Waals surface area contributed by atoms with Crippen LogP contribution in [0.1, 0.15) is 6.42 Å². The molecule has 2 saturated heterocycles. The molecule has 2 heterocycles. The Labute approximate surface area is 116 Å². The predicted octanol–water partition coefficient (Wildman–Crippen LogP) is 0.534. The molecule has 0 radical (unpaired) electrons. The van der Waals surface area contributed by atoms with Gasteiger partial charge in [0.25, 0.3) is 0 Å². The Kier molecular flexibility index (Phi) is 8.08. The molecule has 114 valence electrons. The number of hydrogen-bond acceptors (Lipinski definition) is 6. The zero-order chi connectivity index (χ0) is 14.1. The molecular formula is C12H26O6Si. The van der Waals surface area contributed by atoms with Gasteiger partial charge >= 0.3 is 8.56 Å². The van der Waals surface area contributed by atoms with Crippen molar-refractivity contribution in [2.24, 2.45) is 0 Å². The van der Waals surface area contributed by atoms with Gasteiger partial charge in [-0.3, -0.25) is 0 Å². The minimum absolute atomic E-state index is 0.218. The van der Waals surface area contributed by atoms with Crippen LogP contribution in [0, 0.1) is 0 Å². The summed E-state index contributed by atoms with van der Waals surface area (Å²) in [6.07, 6.45) is 1.55. The van der Waals surface area contributed by atoms with E-state index in [2.05, 4.69) is 0 Å². The fourth-order valence-electron chi connectivity index (χ4n) is 1.35. The van der Waals surface area contributed by atoms with Crippen LogP contribution in [0.5, 0.6) is 0 Å². The van der Waals surface area contributed by atoms with Crippen molar-refractivity contribution in [2.75, 3.05) is 47.3 Å². The molecule has 0 aliphatic carbocycles. The Bertz CT molecular complexity index is 216. The summed E-state index contributed by atoms with van der Waals surface area (Å²) in [6, 6.07) is 0.858. The summed E-state index contributed by atoms with van der Waals surface area (Å²) < 4.78 is 25.5. The average molecular weight is 294 g/mol. The maximum Gasteiger partial charge on any atom is 0.334 e. The maximum atomic E-state index is 8.53. The summed E-state index contributed by atoms with van der Waals surface area (Å²) in [5, 5.41) is 8.53. The molecule has 2 aliphatic rings. The quantitative estimate of drug-likeness (QED) is 0.494. The van der Waals surface area contributed by atoms with Gasteiger partial charge in [-0.25, -0.2) is 0 Å². The zero-order valence-electron chi connectivity index (χ0n) is 12.1. The van der Waals surface area contributed by atoms with E-state index in [-0.39, 0.29) is 6.61 Å². The molecule has 0 amide bonds. The van der Waals surface area contributed by atoms with Crippen molar-refractivity contribution in [3.05, 3.63) is 0 Å². The van der Waals surface area contributed by atoms with E-state index in [1.165, 1.54) is 0 Å². The number of hydrogen-bond donors (Lipinski definition) is 1. The lowest BCUT2D eigenvalue weighted by atomic mass is 10.5. The highest BCUT2D eigenvalue weighted by Gasteiger charge is 2.27. The highest BCUT2D eigenvalue weighted by atomic mass is 28.4. The van der Waals surface area contributed by atoms with Crippen molar-refractivity contribution >= 4 is 8.56 Å². The first kappa shape index (κ1) is 17.0. The van der Waals surface area contributed by atoms with Gasteiger partial charge in [-0.05, 0) is 19.0 Å². The molecule has 2 fully saturated rings. The molecule has 0 bridgehead atoms. The Morgan fingerprint density at radius 3 is 1.89 bits per heavy atom. The smallest absolute Gasteiger partial charge is 0.334 e. The van der Waals surface area contributed by atoms with Crippen molar-refractivity contribution in [1.82, 2.24) is 0 Å². The third kappa shape index (κ3) is 8.69. The molecule has 2 rings (SSSR count). The molecule has 0 aromatic heterocycles. The summed E-state index contributed by atoms with van der Waals surface area (Å²) in [6.45, 7) is 5.47. The van der Waals surface area contributed by atoms with Crippen LogP contribution in [0.4, 0.5) is 0 Å². The normalized spacial score (nSPS) is 24.6. The molecule has 0 aromatic carbocycles. The Morgan fingerprint density at radius 1 is 1.11 bits per heavy atom. The minimum atomic E-state index is -1.88. The lowest BCUT2D eigenvalue weighted by molar-refractivity contribution is 0.102. The van der Waals surface area contributed by atoms with Gasteiger partial charge in [0, 0.05) is 20.8 Å². The second-order valence-corrected chi connectivity index (χ2v) is 8.40. The minimum Gasteiger partial charge on any atom is -0.398 e. The summed E-state index contributed by atoms with van der Waals surface area (Å²) in [5.41, 5.74) is 0. The van der Waals surface area contributed by atoms with Gasteiger partial charge in [-0.2, -0.15) is 0 Å². The summed E-state index contributed by atoms with van der Waals surface area (Å²) in [5.74, 6) is 0. The molecule has 2 unspecified atom stereocenters. The van der Waals surface area contributed by atoms with Crippen LogP contribution in [0.3, 0.4) is 0 Å². The van der Waals surface area contributed by atoms with Crippen LogP contribution in [0.15, 0.2) is 0 Å². The number of epoxide rings is 2. The van der Waals surface area contributed by atoms with Gasteiger partial charge in [0.2, 0.25) is 0 Å². The van der Waals surface area contributed by atoms with Crippen molar-refractivity contribution in [2.45, 2.75) is 31.2 Å². The molecule has 0 spiro atoms. The van der Waals surface area contributed by atoms with Gasteiger partial charge < -0.3 is 28.2 Å². The van der Waals surface area contributed by atoms with Crippen LogP contribution < -0.4 is 0 Å². The van der Waals surface area contributed by atoms with Crippen LogP contribution in [-0.2, 0) is 23.1 Å². The van der Waals surface area contributed by atoms with Crippen LogP contribution in [0.25, 0.3) is 0 Å². The number of ether oxygens (including phenoxy) is 3. The van der Waals surface area contributed by atoms with Crippen LogP contribution >= 0.6 is 0 Å². The monoisotopic (exact) mass is 294 g/mol. The number of rotatable bonds is 9. The topological polar surface area (TPSA) is 73.0 Å². The molecule has 7 heteroatoms. The fraction of sp³-hybridized carbons (Fsp3) is 1.00. The van der Waals surface area contributed by atoms with Crippen molar-refractivity contribution in [3.63, 3.8) is 0 Å². The molecule has 1 N–H and O–H groups in total. The van der Waals surface area contributed by atoms with E-state index in [0.717, 1.165) is 38.9 Å². The number of aliphatic hydroxyl groups is 1. The maximum absolute atomic E-state index is 8.53. The van der Waals surface area contributed by atoms with E-state index in [0.29, 0.717) is 12.2 Å². The van der Waals surface area contributed by atoms with Gasteiger partial charge in [0.15, 0.2) is 0 Å². The second-order valence-electron chi connectivity index (χ2n) is 4.82. The molecule has 19 heavy (non-hydrogen) atoms. The third-order valence-corrected chi connectivity index (χ3v) is 6.05. The summed E-state index contributed by atoms with van der Waals surface area (Å²) in [7, 11) is 1.44. The van der Waals surface area contributed by atoms with Crippen LogP contribution in [0.2, 0.25) is 12.6 Å². The standard InChI is InChI=1S/C6H16O3Si.C6H10O3/c1-8-10(3,9-2)6-4-5-7;1(5-3-8-5)7-2-6-4-9-6/h7H,4-6H2,1-3H3;5-6H,1-4H2. The van der Waals surface area contributed by atoms with Gasteiger partial charge in [-0.1, -0.05) is 0 Å². The third-order valence-electron chi connectivity index (χ3n) is 3.06. The van der Waals surface area contributed by atoms with Crippen molar-refractivity contribution in [3.8, 4) is 0 Å². The fourth-order valence-corrected chi connectivity index (χ4v) is 2.72. The molecule has 2 aliphatic heterocycles. The molecule has 2 atom stereocenters. The Morgan fingerprint density at radius 2 is 1.58 bits per heavy atom. The van der Waals surface area contributed by atoms with Crippen molar-refractivity contribution in [1.29, 1.82) is 0 Å². The van der Waals surface area contributed by atoms with Crippen LogP contribution in [-0.4, -0.2) is 73.1 Å². The van der Waals surface area contributed by atoms with E-state index in [4.69, 9.17) is 28.2 Å². The first-order valence-electron chi connectivity index (χ1n) is 6.65. The second kappa shape index (κ2) is 9.01. The van der Waals surface area contributed by atoms with E-state index in [1.54, 1.807) is 14.2 Å². The average Bonchev–Trinajstić information content (AvgIpc) is 3.31. The van der Waals surface area contributed by atoms with E-state index in [1.807, 2.05) is 6.55 Å². The molecule has 0 aromatic rings. The van der Waals surface area contributed by atoms with E-state index < -0.39 is 8.56 Å². The largest absolute Gasteiger partial charge is 0.398 e. The first-order valence-corrected chi connectivity index (χ1v) is 9.18. The first-order chi connectivity index (χ1) is 9.13. The van der Waals surface area contributed by atoms with E-state index >= 15 is 0 Å². The molecule has 6 nitrogen and oxygen atoms in total. The van der Waals surface area contributed by atoms with Crippen molar-refractivity contribution < 1.29 is 28.2 Å². The lowest BCUT2D eigenvalue weighted by Gasteiger charge is -2.21. The van der Waals surface area contributed by atoms with Gasteiger partial charge in [-0.15, -0.1) is 0 Å². The molecule has 0 saturated carbocycles. The number of aliphatic hydroxyl groups excluding tert-OH is 1. The highest BCUT2D eigenvalue weighted by Crippen LogP contribution is 2.13.